The van der Waals surface area contributed by atoms with Crippen LogP contribution in [0.5, 0.6) is 11.5 Å². The fraction of sp³-hybridized carbons (Fsp3) is 0.548. The second kappa shape index (κ2) is 6.68. The van der Waals surface area contributed by atoms with Gasteiger partial charge in [0.1, 0.15) is 0 Å². The van der Waals surface area contributed by atoms with Gasteiger partial charge in [0, 0.05) is 35.5 Å². The number of H-pyrrole nitrogens is 1. The first-order valence-corrected chi connectivity index (χ1v) is 13.7. The highest BCUT2D eigenvalue weighted by molar-refractivity contribution is 5.87. The first-order valence-electron chi connectivity index (χ1n) is 13.7. The third kappa shape index (κ3) is 2.49. The van der Waals surface area contributed by atoms with Gasteiger partial charge in [-0.15, -0.1) is 0 Å². The number of likely N-dealkylation sites (tertiary alicyclic amines) is 1. The van der Waals surface area contributed by atoms with Crippen LogP contribution < -0.4 is 9.47 Å². The van der Waals surface area contributed by atoms with Gasteiger partial charge in [-0.2, -0.15) is 0 Å². The molecule has 0 amide bonds. The number of aliphatic hydroxyl groups is 1. The number of piperidine rings is 1. The molecule has 1 spiro atoms. The summed E-state index contributed by atoms with van der Waals surface area (Å²) in [5.41, 5.74) is 6.15. The largest absolute Gasteiger partial charge is 0.493 e. The zero-order valence-corrected chi connectivity index (χ0v) is 21.8. The van der Waals surface area contributed by atoms with Gasteiger partial charge in [-0.05, 0) is 78.5 Å². The minimum atomic E-state index is -0.880. The van der Waals surface area contributed by atoms with Crippen LogP contribution in [-0.2, 0) is 23.7 Å². The summed E-state index contributed by atoms with van der Waals surface area (Å²) in [6.45, 7) is 8.93. The maximum atomic E-state index is 13.1. The molecule has 36 heavy (non-hydrogen) atoms. The average molecular weight is 485 g/mol. The minimum absolute atomic E-state index is 0.0654. The van der Waals surface area contributed by atoms with Crippen LogP contribution in [0.3, 0.4) is 0 Å². The van der Waals surface area contributed by atoms with Crippen molar-refractivity contribution in [3.05, 3.63) is 58.3 Å². The Kier molecular flexibility index (Phi) is 4.00. The minimum Gasteiger partial charge on any atom is -0.493 e. The molecule has 2 N–H and O–H groups in total. The van der Waals surface area contributed by atoms with Gasteiger partial charge in [0.05, 0.1) is 23.8 Å². The van der Waals surface area contributed by atoms with Gasteiger partial charge >= 0.3 is 0 Å². The van der Waals surface area contributed by atoms with Gasteiger partial charge in [-0.3, -0.25) is 4.90 Å². The van der Waals surface area contributed by atoms with E-state index in [2.05, 4.69) is 61.0 Å². The molecule has 1 saturated carbocycles. The van der Waals surface area contributed by atoms with E-state index in [4.69, 9.17) is 9.47 Å². The van der Waals surface area contributed by atoms with E-state index in [-0.39, 0.29) is 17.6 Å². The number of aromatic nitrogens is 1. The van der Waals surface area contributed by atoms with Crippen molar-refractivity contribution in [3.63, 3.8) is 0 Å². The molecule has 3 aliphatic carbocycles. The van der Waals surface area contributed by atoms with Crippen molar-refractivity contribution in [2.45, 2.75) is 81.5 Å². The maximum Gasteiger partial charge on any atom is 0.166 e. The molecule has 1 aromatic heterocycles. The predicted octanol–water partition coefficient (Wildman–Crippen LogP) is 5.17. The molecule has 2 fully saturated rings. The number of hydrogen-bond acceptors (Lipinski definition) is 4. The van der Waals surface area contributed by atoms with Gasteiger partial charge in [-0.25, -0.2) is 0 Å². The highest BCUT2D eigenvalue weighted by Crippen LogP contribution is 2.69. The molecule has 2 unspecified atom stereocenters. The van der Waals surface area contributed by atoms with Crippen LogP contribution in [0.1, 0.15) is 74.1 Å². The predicted molar refractivity (Wildman–Crippen MR) is 140 cm³/mol. The van der Waals surface area contributed by atoms with Crippen molar-refractivity contribution < 1.29 is 14.6 Å². The van der Waals surface area contributed by atoms with E-state index in [1.807, 2.05) is 0 Å². The molecule has 2 aliphatic heterocycles. The van der Waals surface area contributed by atoms with Crippen LogP contribution >= 0.6 is 0 Å². The van der Waals surface area contributed by atoms with E-state index in [0.29, 0.717) is 6.42 Å². The van der Waals surface area contributed by atoms with Crippen molar-refractivity contribution in [3.8, 4) is 11.5 Å². The third-order valence-electron chi connectivity index (χ3n) is 10.2. The first kappa shape index (κ1) is 21.6. The van der Waals surface area contributed by atoms with Crippen LogP contribution in [0.25, 0.3) is 10.9 Å². The van der Waals surface area contributed by atoms with Crippen molar-refractivity contribution in [2.75, 3.05) is 20.2 Å². The molecule has 5 aliphatic rings. The van der Waals surface area contributed by atoms with E-state index in [1.165, 1.54) is 40.5 Å². The summed E-state index contributed by atoms with van der Waals surface area (Å²) in [5, 5.41) is 14.3. The van der Waals surface area contributed by atoms with Crippen LogP contribution in [0.4, 0.5) is 0 Å². The summed E-state index contributed by atoms with van der Waals surface area (Å²) in [5.74, 6) is 2.44. The van der Waals surface area contributed by atoms with Crippen LogP contribution in [0.2, 0.25) is 0 Å². The number of methoxy groups -OCH3 is 1. The fourth-order valence-corrected chi connectivity index (χ4v) is 8.24. The summed E-state index contributed by atoms with van der Waals surface area (Å²) in [4.78, 5) is 6.41. The third-order valence-corrected chi connectivity index (χ3v) is 10.2. The number of benzene rings is 2. The van der Waals surface area contributed by atoms with Crippen molar-refractivity contribution >= 4 is 10.9 Å². The Morgan fingerprint density at radius 1 is 1.19 bits per heavy atom. The number of aromatic amines is 1. The second-order valence-electron chi connectivity index (χ2n) is 13.1. The Balaban J connectivity index is 1.39. The van der Waals surface area contributed by atoms with Gasteiger partial charge in [0.15, 0.2) is 17.6 Å². The Hall–Kier alpha value is -2.50. The quantitative estimate of drug-likeness (QED) is 0.538. The van der Waals surface area contributed by atoms with E-state index >= 15 is 0 Å². The van der Waals surface area contributed by atoms with Gasteiger partial charge in [0.2, 0.25) is 0 Å². The van der Waals surface area contributed by atoms with E-state index in [0.717, 1.165) is 54.6 Å². The zero-order valence-electron chi connectivity index (χ0n) is 21.8. The number of rotatable bonds is 3. The zero-order chi connectivity index (χ0) is 24.6. The Morgan fingerprint density at radius 3 is 2.78 bits per heavy atom. The lowest BCUT2D eigenvalue weighted by atomic mass is 9.49. The average Bonchev–Trinajstić information content (AvgIpc) is 3.48. The van der Waals surface area contributed by atoms with Gasteiger partial charge in [-0.1, -0.05) is 32.9 Å². The molecule has 5 nitrogen and oxygen atoms in total. The van der Waals surface area contributed by atoms with Crippen LogP contribution in [0, 0.1) is 5.92 Å². The second-order valence-corrected chi connectivity index (χ2v) is 13.1. The van der Waals surface area contributed by atoms with Crippen LogP contribution in [0.15, 0.2) is 30.3 Å². The molecular formula is C31H36N2O3. The molecule has 188 valence electrons. The lowest BCUT2D eigenvalue weighted by Crippen LogP contribution is -2.74. The molecule has 2 bridgehead atoms. The number of nitrogens with zero attached hydrogens (tertiary/aromatic N) is 1. The van der Waals surface area contributed by atoms with E-state index < -0.39 is 11.0 Å². The standard InChI is InChI=1S/C31H36N2O3/c1-29(2,3)19-8-9-22-20(14-19)21-15-31(34)24-13-18-7-10-23(35-4)27-25(18)30(31,28(36-27)26(21)32-22)11-12-33(24)16-17-5-6-17/h7-10,14,17,24,28,32,34H,5-6,11-13,15-16H2,1-4H3/t24-,28?,30+,31?/m1/s1. The van der Waals surface area contributed by atoms with Gasteiger partial charge < -0.3 is 19.6 Å². The Morgan fingerprint density at radius 2 is 2.03 bits per heavy atom. The monoisotopic (exact) mass is 484 g/mol. The highest BCUT2D eigenvalue weighted by atomic mass is 16.5. The summed E-state index contributed by atoms with van der Waals surface area (Å²) in [6.07, 6.45) is 4.88. The number of fused-ring (bicyclic) bond motifs is 4. The first-order chi connectivity index (χ1) is 17.2. The van der Waals surface area contributed by atoms with Crippen molar-refractivity contribution in [1.29, 1.82) is 0 Å². The van der Waals surface area contributed by atoms with Crippen molar-refractivity contribution in [2.24, 2.45) is 5.92 Å². The normalized spacial score (nSPS) is 32.2. The summed E-state index contributed by atoms with van der Waals surface area (Å²) in [6, 6.07) is 11.2. The molecule has 3 aromatic rings. The van der Waals surface area contributed by atoms with Gasteiger partial charge in [0.25, 0.3) is 0 Å². The molecular weight excluding hydrogens is 448 g/mol. The summed E-state index contributed by atoms with van der Waals surface area (Å²) in [7, 11) is 1.72. The Bertz CT molecular complexity index is 1430. The summed E-state index contributed by atoms with van der Waals surface area (Å²) < 4.78 is 12.7. The van der Waals surface area contributed by atoms with E-state index in [9.17, 15) is 5.11 Å². The molecule has 8 rings (SSSR count). The SMILES string of the molecule is COc1ccc2c3c1OC1c4[nH]c5ccc(C(C)(C)C)cc5c4CC4(O)[C@@H](C2)N(CC2CC2)CC[C@]314. The molecule has 0 radical (unpaired) electrons. The Labute approximate surface area is 212 Å². The molecule has 1 saturated heterocycles. The molecule has 4 atom stereocenters. The number of nitrogens with one attached hydrogen (secondary N) is 1. The van der Waals surface area contributed by atoms with Crippen LogP contribution in [-0.4, -0.2) is 46.8 Å². The molecule has 2 aromatic carbocycles. The highest BCUT2D eigenvalue weighted by Gasteiger charge is 2.72. The lowest BCUT2D eigenvalue weighted by molar-refractivity contribution is -0.173. The number of hydrogen-bond donors (Lipinski definition) is 2. The fourth-order valence-electron chi connectivity index (χ4n) is 8.24. The molecule has 5 heteroatoms. The maximum absolute atomic E-state index is 13.1. The lowest BCUT2D eigenvalue weighted by Gasteiger charge is -2.62. The smallest absolute Gasteiger partial charge is 0.166 e. The molecule has 3 heterocycles. The van der Waals surface area contributed by atoms with Crippen molar-refractivity contribution in [1.82, 2.24) is 9.88 Å². The van der Waals surface area contributed by atoms with E-state index in [1.54, 1.807) is 7.11 Å². The summed E-state index contributed by atoms with van der Waals surface area (Å²) >= 11 is 0. The topological polar surface area (TPSA) is 57.7 Å². The number of ether oxygens (including phenoxy) is 2.